The number of hydrogen-bond donors (Lipinski definition) is 0. The first kappa shape index (κ1) is 31.0. The smallest absolute Gasteiger partial charge is 0.318 e. The van der Waals surface area contributed by atoms with Gasteiger partial charge in [0.15, 0.2) is 0 Å². The SMILES string of the molecule is CN1CCC[C@H]1COc1nc2c(c(N3CCN(C(=O)/C=C/n4cccn4)[C@@H](CC#N)C3)n1)CCN(c1cccc3cccc(Cl)c13)C2. The number of halogens is 1. The normalized spacial score (nSPS) is 20.1. The van der Waals surface area contributed by atoms with Crippen molar-refractivity contribution in [2.24, 2.45) is 0 Å². The number of ether oxygens (including phenoxy) is 1. The first-order valence-electron chi connectivity index (χ1n) is 16.2. The average Bonchev–Trinajstić information content (AvgIpc) is 3.77. The highest BCUT2D eigenvalue weighted by molar-refractivity contribution is 6.36. The Morgan fingerprint density at radius 2 is 1.96 bits per heavy atom. The summed E-state index contributed by atoms with van der Waals surface area (Å²) in [5.41, 5.74) is 3.10. The van der Waals surface area contributed by atoms with Crippen molar-refractivity contribution in [1.29, 1.82) is 5.26 Å². The molecule has 0 bridgehead atoms. The van der Waals surface area contributed by atoms with Crippen LogP contribution in [0.2, 0.25) is 5.02 Å². The van der Waals surface area contributed by atoms with Crippen LogP contribution >= 0.6 is 11.6 Å². The van der Waals surface area contributed by atoms with Crippen molar-refractivity contribution in [2.75, 3.05) is 56.2 Å². The number of anilines is 2. The van der Waals surface area contributed by atoms with Crippen molar-refractivity contribution >= 4 is 46.0 Å². The molecule has 2 aromatic carbocycles. The number of carbonyl (C=O) groups excluding carboxylic acids is 1. The van der Waals surface area contributed by atoms with Gasteiger partial charge in [-0.25, -0.2) is 4.68 Å². The van der Waals surface area contributed by atoms with Crippen LogP contribution in [0, 0.1) is 11.3 Å². The molecule has 7 rings (SSSR count). The van der Waals surface area contributed by atoms with E-state index in [2.05, 4.69) is 57.2 Å². The van der Waals surface area contributed by atoms with Gasteiger partial charge in [0.25, 0.3) is 0 Å². The zero-order valence-corrected chi connectivity index (χ0v) is 27.3. The molecule has 2 atom stereocenters. The van der Waals surface area contributed by atoms with E-state index < -0.39 is 0 Å². The number of likely N-dealkylation sites (N-methyl/N-ethyl adjacent to an activating group) is 1. The van der Waals surface area contributed by atoms with E-state index in [4.69, 9.17) is 26.3 Å². The molecule has 0 saturated carbocycles. The Balaban J connectivity index is 1.18. The van der Waals surface area contributed by atoms with Crippen LogP contribution < -0.4 is 14.5 Å². The number of piperazine rings is 1. The van der Waals surface area contributed by atoms with Crippen molar-refractivity contribution in [3.05, 3.63) is 77.2 Å². The van der Waals surface area contributed by atoms with Crippen molar-refractivity contribution < 1.29 is 9.53 Å². The first-order valence-corrected chi connectivity index (χ1v) is 16.6. The standard InChI is InChI=1S/C35H38ClN9O2/c1-41-16-4-8-27(41)24-47-35-39-30-23-42(31-10-3-7-25-6-2-9-29(36)33(25)31)18-12-28(30)34(40-35)43-20-21-45(26(22-43)11-14-37)32(46)13-19-44-17-5-15-38-44/h2-3,5-7,9-10,13,15,17,19,26-27H,4,8,11-12,16,18,20-24H2,1H3/b19-13+/t26-,27-/m0/s1. The van der Waals surface area contributed by atoms with Gasteiger partial charge >= 0.3 is 6.01 Å². The maximum absolute atomic E-state index is 13.2. The van der Waals surface area contributed by atoms with E-state index in [1.165, 1.54) is 6.08 Å². The third-order valence-electron chi connectivity index (χ3n) is 9.56. The molecule has 1 amide bonds. The monoisotopic (exact) mass is 651 g/mol. The highest BCUT2D eigenvalue weighted by Gasteiger charge is 2.34. The molecule has 0 radical (unpaired) electrons. The van der Waals surface area contributed by atoms with Crippen molar-refractivity contribution in [2.45, 2.75) is 44.3 Å². The molecule has 47 heavy (non-hydrogen) atoms. The summed E-state index contributed by atoms with van der Waals surface area (Å²) in [5.74, 6) is 0.696. The zero-order chi connectivity index (χ0) is 32.3. The van der Waals surface area contributed by atoms with Crippen molar-refractivity contribution in [1.82, 2.24) is 29.5 Å². The van der Waals surface area contributed by atoms with Gasteiger partial charge in [-0.15, -0.1) is 0 Å². The fraction of sp³-hybridized carbons (Fsp3) is 0.400. The van der Waals surface area contributed by atoms with Crippen LogP contribution in [0.15, 0.2) is 60.9 Å². The molecule has 3 aliphatic heterocycles. The number of fused-ring (bicyclic) bond motifs is 2. The number of hydrogen-bond acceptors (Lipinski definition) is 9. The summed E-state index contributed by atoms with van der Waals surface area (Å²) in [5, 5.41) is 16.7. The second kappa shape index (κ2) is 13.6. The van der Waals surface area contributed by atoms with E-state index in [1.54, 1.807) is 34.2 Å². The lowest BCUT2D eigenvalue weighted by molar-refractivity contribution is -0.128. The van der Waals surface area contributed by atoms with Gasteiger partial charge in [-0.3, -0.25) is 4.79 Å². The molecule has 5 heterocycles. The Labute approximate surface area is 279 Å². The molecule has 2 aromatic heterocycles. The van der Waals surface area contributed by atoms with Gasteiger partial charge in [-0.05, 0) is 56.4 Å². The predicted molar refractivity (Wildman–Crippen MR) is 182 cm³/mol. The molecule has 11 nitrogen and oxygen atoms in total. The molecule has 2 fully saturated rings. The molecule has 3 aliphatic rings. The van der Waals surface area contributed by atoms with Crippen LogP contribution in [0.1, 0.15) is 30.5 Å². The molecular formula is C35H38ClN9O2. The first-order chi connectivity index (χ1) is 23.0. The number of carbonyl (C=O) groups is 1. The summed E-state index contributed by atoms with van der Waals surface area (Å²) >= 11 is 6.73. The number of amides is 1. The van der Waals surface area contributed by atoms with E-state index in [-0.39, 0.29) is 18.4 Å². The van der Waals surface area contributed by atoms with Gasteiger partial charge in [-0.1, -0.05) is 35.9 Å². The van der Waals surface area contributed by atoms with Gasteiger partial charge in [0.1, 0.15) is 12.4 Å². The Morgan fingerprint density at radius 1 is 1.09 bits per heavy atom. The predicted octanol–water partition coefficient (Wildman–Crippen LogP) is 4.62. The van der Waals surface area contributed by atoms with E-state index in [1.807, 2.05) is 12.1 Å². The molecule has 242 valence electrons. The highest BCUT2D eigenvalue weighted by atomic mass is 35.5. The van der Waals surface area contributed by atoms with E-state index in [0.29, 0.717) is 44.8 Å². The fourth-order valence-corrected chi connectivity index (χ4v) is 7.32. The Hall–Kier alpha value is -4.66. The number of likely N-dealkylation sites (tertiary alicyclic amines) is 1. The quantitative estimate of drug-likeness (QED) is 0.252. The van der Waals surface area contributed by atoms with E-state index >= 15 is 0 Å². The lowest BCUT2D eigenvalue weighted by Crippen LogP contribution is -2.55. The van der Waals surface area contributed by atoms with Gasteiger partial charge in [-0.2, -0.15) is 20.3 Å². The van der Waals surface area contributed by atoms with Crippen LogP contribution in [0.4, 0.5) is 11.5 Å². The number of nitriles is 1. The average molecular weight is 652 g/mol. The van der Waals surface area contributed by atoms with Crippen LogP contribution in [0.25, 0.3) is 17.0 Å². The summed E-state index contributed by atoms with van der Waals surface area (Å²) < 4.78 is 7.91. The van der Waals surface area contributed by atoms with Crippen molar-refractivity contribution in [3.63, 3.8) is 0 Å². The van der Waals surface area contributed by atoms with Gasteiger partial charge < -0.3 is 24.3 Å². The second-order valence-corrected chi connectivity index (χ2v) is 12.8. The number of rotatable bonds is 8. The lowest BCUT2D eigenvalue weighted by Gasteiger charge is -2.42. The maximum Gasteiger partial charge on any atom is 0.318 e. The Kier molecular flexibility index (Phi) is 8.96. The van der Waals surface area contributed by atoms with Crippen LogP contribution in [-0.2, 0) is 17.8 Å². The lowest BCUT2D eigenvalue weighted by atomic mass is 10.0. The molecule has 12 heteroatoms. The number of aromatic nitrogens is 4. The Morgan fingerprint density at radius 3 is 2.74 bits per heavy atom. The van der Waals surface area contributed by atoms with Crippen molar-refractivity contribution in [3.8, 4) is 12.1 Å². The third-order valence-corrected chi connectivity index (χ3v) is 9.87. The Bertz CT molecular complexity index is 1820. The summed E-state index contributed by atoms with van der Waals surface area (Å²) in [7, 11) is 2.13. The van der Waals surface area contributed by atoms with Gasteiger partial charge in [0.05, 0.1) is 35.8 Å². The second-order valence-electron chi connectivity index (χ2n) is 12.4. The van der Waals surface area contributed by atoms with Gasteiger partial charge in [0.2, 0.25) is 5.91 Å². The number of nitrogens with zero attached hydrogens (tertiary/aromatic N) is 9. The van der Waals surface area contributed by atoms with Crippen LogP contribution in [0.5, 0.6) is 6.01 Å². The third kappa shape index (κ3) is 6.48. The maximum atomic E-state index is 13.2. The summed E-state index contributed by atoms with van der Waals surface area (Å²) in [6, 6.07) is 16.8. The molecule has 2 saturated heterocycles. The zero-order valence-electron chi connectivity index (χ0n) is 26.5. The fourth-order valence-electron chi connectivity index (χ4n) is 7.04. The molecule has 0 aliphatic carbocycles. The molecule has 0 N–H and O–H groups in total. The summed E-state index contributed by atoms with van der Waals surface area (Å²) in [6.07, 6.45) is 9.79. The molecular weight excluding hydrogens is 614 g/mol. The minimum absolute atomic E-state index is 0.140. The molecule has 4 aromatic rings. The molecule has 0 spiro atoms. The van der Waals surface area contributed by atoms with Gasteiger partial charge in [0, 0.05) is 73.5 Å². The van der Waals surface area contributed by atoms with E-state index in [0.717, 1.165) is 70.9 Å². The largest absolute Gasteiger partial charge is 0.462 e. The summed E-state index contributed by atoms with van der Waals surface area (Å²) in [4.78, 5) is 31.9. The van der Waals surface area contributed by atoms with Crippen LogP contribution in [-0.4, -0.2) is 93.9 Å². The molecule has 0 unspecified atom stereocenters. The van der Waals surface area contributed by atoms with Crippen LogP contribution in [0.3, 0.4) is 0 Å². The topological polar surface area (TPSA) is 107 Å². The highest BCUT2D eigenvalue weighted by Crippen LogP contribution is 2.37. The minimum atomic E-state index is -0.288. The van der Waals surface area contributed by atoms with E-state index in [9.17, 15) is 10.1 Å². The summed E-state index contributed by atoms with van der Waals surface area (Å²) in [6.45, 7) is 4.50. The minimum Gasteiger partial charge on any atom is -0.462 e. The number of benzene rings is 2.